The van der Waals surface area contributed by atoms with Gasteiger partial charge in [-0.1, -0.05) is 6.08 Å². The lowest BCUT2D eigenvalue weighted by atomic mass is 10.2. The third-order valence-electron chi connectivity index (χ3n) is 2.44. The number of carbonyl (C=O) groups excluding carboxylic acids is 1. The molecule has 0 N–H and O–H groups in total. The van der Waals surface area contributed by atoms with Crippen molar-refractivity contribution in [2.75, 3.05) is 19.8 Å². The summed E-state index contributed by atoms with van der Waals surface area (Å²) in [6, 6.07) is 0. The van der Waals surface area contributed by atoms with Gasteiger partial charge in [-0.25, -0.2) is 0 Å². The van der Waals surface area contributed by atoms with Crippen LogP contribution in [0.15, 0.2) is 12.7 Å². The minimum absolute atomic E-state index is 0.231. The summed E-state index contributed by atoms with van der Waals surface area (Å²) in [7, 11) is -3.46. The molecule has 0 rings (SSSR count). The number of ether oxygens (including phenoxy) is 1. The average molecular weight is 292 g/mol. The Morgan fingerprint density at radius 3 is 2.21 bits per heavy atom. The van der Waals surface area contributed by atoms with Gasteiger partial charge in [-0.2, -0.15) is 0 Å². The fourth-order valence-electron chi connectivity index (χ4n) is 1.68. The number of unbranched alkanes of at least 4 members (excludes halogenated alkanes) is 1. The molecule has 0 radical (unpaired) electrons. The first-order valence-corrected chi connectivity index (χ1v) is 8.33. The molecule has 0 saturated carbocycles. The largest absolute Gasteiger partial charge is 0.465 e. The van der Waals surface area contributed by atoms with E-state index >= 15 is 0 Å². The van der Waals surface area contributed by atoms with Crippen molar-refractivity contribution >= 4 is 13.6 Å². The van der Waals surface area contributed by atoms with Crippen molar-refractivity contribution < 1.29 is 23.1 Å². The first-order chi connectivity index (χ1) is 9.05. The van der Waals surface area contributed by atoms with Crippen LogP contribution in [0.5, 0.6) is 0 Å². The standard InChI is InChI=1S/C13H25O5P/c1-5-9-10-11-12(13(14)16-6-2)19(15,17-7-3)18-8-4/h5,12H,1,6-11H2,2-4H3. The molecule has 5 nitrogen and oxygen atoms in total. The van der Waals surface area contributed by atoms with Gasteiger partial charge in [0.15, 0.2) is 5.66 Å². The second-order valence-corrected chi connectivity index (χ2v) is 6.08. The Morgan fingerprint density at radius 2 is 1.79 bits per heavy atom. The van der Waals surface area contributed by atoms with Crippen LogP contribution in [0.25, 0.3) is 0 Å². The van der Waals surface area contributed by atoms with Gasteiger partial charge >= 0.3 is 13.6 Å². The van der Waals surface area contributed by atoms with E-state index in [2.05, 4.69) is 6.58 Å². The molecule has 0 aromatic rings. The maximum absolute atomic E-state index is 12.7. The fraction of sp³-hybridized carbons (Fsp3) is 0.769. The van der Waals surface area contributed by atoms with Gasteiger partial charge < -0.3 is 13.8 Å². The van der Waals surface area contributed by atoms with Crippen molar-refractivity contribution in [3.63, 3.8) is 0 Å². The molecule has 112 valence electrons. The van der Waals surface area contributed by atoms with E-state index in [4.69, 9.17) is 13.8 Å². The third kappa shape index (κ3) is 6.37. The highest BCUT2D eigenvalue weighted by Gasteiger charge is 2.41. The Morgan fingerprint density at radius 1 is 1.21 bits per heavy atom. The molecular weight excluding hydrogens is 267 g/mol. The highest BCUT2D eigenvalue weighted by Crippen LogP contribution is 2.55. The fourth-order valence-corrected chi connectivity index (χ4v) is 3.66. The van der Waals surface area contributed by atoms with Crippen molar-refractivity contribution in [3.05, 3.63) is 12.7 Å². The van der Waals surface area contributed by atoms with E-state index in [1.165, 1.54) is 0 Å². The zero-order valence-corrected chi connectivity index (χ0v) is 13.0. The zero-order valence-electron chi connectivity index (χ0n) is 12.1. The average Bonchev–Trinajstić information content (AvgIpc) is 2.35. The van der Waals surface area contributed by atoms with Gasteiger partial charge in [-0.15, -0.1) is 6.58 Å². The van der Waals surface area contributed by atoms with Crippen molar-refractivity contribution in [1.29, 1.82) is 0 Å². The Hall–Kier alpha value is -0.640. The van der Waals surface area contributed by atoms with Crippen LogP contribution in [0.4, 0.5) is 0 Å². The number of hydrogen-bond donors (Lipinski definition) is 0. The van der Waals surface area contributed by atoms with Gasteiger partial charge in [0, 0.05) is 0 Å². The molecule has 0 bridgehead atoms. The van der Waals surface area contributed by atoms with E-state index in [1.807, 2.05) is 0 Å². The summed E-state index contributed by atoms with van der Waals surface area (Å²) in [5, 5.41) is 0. The lowest BCUT2D eigenvalue weighted by molar-refractivity contribution is -0.143. The summed E-state index contributed by atoms with van der Waals surface area (Å²) in [5.41, 5.74) is -0.854. The lowest BCUT2D eigenvalue weighted by Gasteiger charge is -2.24. The predicted molar refractivity (Wildman–Crippen MR) is 75.3 cm³/mol. The van der Waals surface area contributed by atoms with E-state index in [1.54, 1.807) is 26.8 Å². The predicted octanol–water partition coefficient (Wildman–Crippen LogP) is 3.54. The van der Waals surface area contributed by atoms with Gasteiger partial charge in [0.25, 0.3) is 0 Å². The Bertz CT molecular complexity index is 306. The maximum Gasteiger partial charge on any atom is 0.344 e. The molecule has 0 saturated heterocycles. The summed E-state index contributed by atoms with van der Waals surface area (Å²) >= 11 is 0. The first-order valence-electron chi connectivity index (χ1n) is 6.71. The topological polar surface area (TPSA) is 61.8 Å². The summed E-state index contributed by atoms with van der Waals surface area (Å²) in [5.74, 6) is -0.517. The van der Waals surface area contributed by atoms with Gasteiger partial charge in [-0.3, -0.25) is 9.36 Å². The summed E-state index contributed by atoms with van der Waals surface area (Å²) in [6.07, 6.45) is 3.60. The van der Waals surface area contributed by atoms with Crippen LogP contribution in [-0.4, -0.2) is 31.4 Å². The first kappa shape index (κ1) is 18.4. The maximum atomic E-state index is 12.7. The van der Waals surface area contributed by atoms with E-state index in [0.29, 0.717) is 12.8 Å². The second kappa shape index (κ2) is 10.2. The van der Waals surface area contributed by atoms with Crippen LogP contribution in [0.2, 0.25) is 0 Å². The van der Waals surface area contributed by atoms with Crippen molar-refractivity contribution in [1.82, 2.24) is 0 Å². The quantitative estimate of drug-likeness (QED) is 0.252. The smallest absolute Gasteiger partial charge is 0.344 e. The molecule has 0 fully saturated rings. The van der Waals surface area contributed by atoms with Crippen LogP contribution in [-0.2, 0) is 23.1 Å². The van der Waals surface area contributed by atoms with Crippen molar-refractivity contribution in [2.24, 2.45) is 0 Å². The molecule has 0 aromatic carbocycles. The molecule has 19 heavy (non-hydrogen) atoms. The summed E-state index contributed by atoms with van der Waals surface area (Å²) < 4.78 is 28.1. The van der Waals surface area contributed by atoms with E-state index in [9.17, 15) is 9.36 Å². The normalized spacial score (nSPS) is 13.0. The second-order valence-electron chi connectivity index (χ2n) is 3.86. The monoisotopic (exact) mass is 292 g/mol. The van der Waals surface area contributed by atoms with E-state index in [-0.39, 0.29) is 19.8 Å². The minimum Gasteiger partial charge on any atom is -0.465 e. The van der Waals surface area contributed by atoms with Crippen LogP contribution in [0, 0.1) is 0 Å². The van der Waals surface area contributed by atoms with Crippen LogP contribution in [0.1, 0.15) is 40.0 Å². The molecule has 0 amide bonds. The SMILES string of the molecule is C=CCCCC(C(=O)OCC)P(=O)(OCC)OCC. The van der Waals surface area contributed by atoms with E-state index < -0.39 is 19.2 Å². The third-order valence-corrected chi connectivity index (χ3v) is 4.91. The van der Waals surface area contributed by atoms with Crippen LogP contribution in [0.3, 0.4) is 0 Å². The summed E-state index contributed by atoms with van der Waals surface area (Å²) in [6.45, 7) is 9.49. The number of allylic oxidation sites excluding steroid dienone is 1. The lowest BCUT2D eigenvalue weighted by Crippen LogP contribution is -2.26. The van der Waals surface area contributed by atoms with E-state index in [0.717, 1.165) is 6.42 Å². The molecule has 0 spiro atoms. The molecule has 0 aliphatic rings. The van der Waals surface area contributed by atoms with Crippen LogP contribution < -0.4 is 0 Å². The molecule has 0 heterocycles. The number of esters is 1. The zero-order chi connectivity index (χ0) is 14.7. The molecule has 1 atom stereocenters. The molecule has 6 heteroatoms. The number of carbonyl (C=O) groups is 1. The molecule has 0 aromatic heterocycles. The Labute approximate surface area is 115 Å². The minimum atomic E-state index is -3.46. The number of rotatable bonds is 11. The van der Waals surface area contributed by atoms with Crippen molar-refractivity contribution in [3.8, 4) is 0 Å². The molecule has 1 unspecified atom stereocenters. The van der Waals surface area contributed by atoms with Gasteiger partial charge in [-0.05, 0) is 40.0 Å². The van der Waals surface area contributed by atoms with Gasteiger partial charge in [0.2, 0.25) is 0 Å². The highest BCUT2D eigenvalue weighted by atomic mass is 31.2. The molecule has 0 aliphatic heterocycles. The summed E-state index contributed by atoms with van der Waals surface area (Å²) in [4.78, 5) is 12.0. The van der Waals surface area contributed by atoms with Gasteiger partial charge in [0.1, 0.15) is 0 Å². The molecular formula is C13H25O5P. The molecule has 0 aliphatic carbocycles. The highest BCUT2D eigenvalue weighted by molar-refractivity contribution is 7.55. The Kier molecular flexibility index (Phi) is 9.84. The Balaban J connectivity index is 4.97. The van der Waals surface area contributed by atoms with Crippen LogP contribution >= 0.6 is 7.60 Å². The van der Waals surface area contributed by atoms with Crippen molar-refractivity contribution in [2.45, 2.75) is 45.7 Å². The van der Waals surface area contributed by atoms with Gasteiger partial charge in [0.05, 0.1) is 19.8 Å². The number of hydrogen-bond acceptors (Lipinski definition) is 5.